The van der Waals surface area contributed by atoms with Crippen molar-refractivity contribution < 1.29 is 18.0 Å². The van der Waals surface area contributed by atoms with E-state index in [-0.39, 0.29) is 17.9 Å². The maximum atomic E-state index is 12.6. The summed E-state index contributed by atoms with van der Waals surface area (Å²) in [5, 5.41) is 5.52. The zero-order valence-corrected chi connectivity index (χ0v) is 20.5. The molecule has 3 aromatic rings. The second-order valence-corrected chi connectivity index (χ2v) is 10.9. The average Bonchev–Trinajstić information content (AvgIpc) is 2.77. The first kappa shape index (κ1) is 25.0. The van der Waals surface area contributed by atoms with E-state index in [0.29, 0.717) is 22.6 Å². The molecule has 0 unspecified atom stereocenters. The van der Waals surface area contributed by atoms with Gasteiger partial charge in [0, 0.05) is 16.9 Å². The molecule has 7 nitrogen and oxygen atoms in total. The third-order valence-electron chi connectivity index (χ3n) is 5.15. The van der Waals surface area contributed by atoms with Crippen molar-refractivity contribution in [3.05, 3.63) is 90.0 Å². The highest BCUT2D eigenvalue weighted by Crippen LogP contribution is 2.23. The Morgan fingerprint density at radius 2 is 1.41 bits per heavy atom. The molecule has 3 rings (SSSR count). The van der Waals surface area contributed by atoms with Gasteiger partial charge in [-0.25, -0.2) is 8.42 Å². The number of anilines is 3. The highest BCUT2D eigenvalue weighted by Gasteiger charge is 2.21. The van der Waals surface area contributed by atoms with Gasteiger partial charge in [0.15, 0.2) is 0 Å². The summed E-state index contributed by atoms with van der Waals surface area (Å²) in [7, 11) is -3.66. The highest BCUT2D eigenvalue weighted by atomic mass is 32.2. The van der Waals surface area contributed by atoms with Crippen molar-refractivity contribution in [3.63, 3.8) is 0 Å². The van der Waals surface area contributed by atoms with Crippen molar-refractivity contribution in [1.29, 1.82) is 0 Å². The first-order valence-electron chi connectivity index (χ1n) is 10.8. The molecule has 178 valence electrons. The van der Waals surface area contributed by atoms with Crippen molar-refractivity contribution in [2.45, 2.75) is 26.2 Å². The quantitative estimate of drug-likeness (QED) is 0.516. The Labute approximate surface area is 200 Å². The maximum Gasteiger partial charge on any atom is 0.255 e. The lowest BCUT2D eigenvalue weighted by Crippen LogP contribution is -2.37. The van der Waals surface area contributed by atoms with Crippen LogP contribution in [0.4, 0.5) is 17.1 Å². The number of amides is 2. The van der Waals surface area contributed by atoms with Gasteiger partial charge in [-0.05, 0) is 53.4 Å². The minimum absolute atomic E-state index is 0.00522. The number of carbonyl (C=O) groups excluding carboxylic acids is 2. The summed E-state index contributed by atoms with van der Waals surface area (Å²) < 4.78 is 25.4. The molecule has 0 saturated heterocycles. The molecule has 0 aromatic heterocycles. The number of para-hydroxylation sites is 1. The standard InChI is InChI=1S/C26H29N3O4S/c1-26(2,3)20-15-13-19(14-16-20)25(31)28-22-10-8-9-21(17-22)27-24(30)18-29(34(4,32)33)23-11-6-5-7-12-23/h5-17H,18H2,1-4H3,(H,27,30)(H,28,31). The van der Waals surface area contributed by atoms with E-state index in [1.807, 2.05) is 12.1 Å². The van der Waals surface area contributed by atoms with Crippen LogP contribution >= 0.6 is 0 Å². The van der Waals surface area contributed by atoms with Crippen LogP contribution in [0.5, 0.6) is 0 Å². The molecular formula is C26H29N3O4S. The van der Waals surface area contributed by atoms with Gasteiger partial charge in [-0.3, -0.25) is 13.9 Å². The van der Waals surface area contributed by atoms with Crippen LogP contribution in [0.3, 0.4) is 0 Å². The molecular weight excluding hydrogens is 450 g/mol. The van der Waals surface area contributed by atoms with E-state index in [0.717, 1.165) is 16.1 Å². The molecule has 2 amide bonds. The Hall–Kier alpha value is -3.65. The van der Waals surface area contributed by atoms with E-state index >= 15 is 0 Å². The second kappa shape index (κ2) is 10.1. The number of carbonyl (C=O) groups is 2. The van der Waals surface area contributed by atoms with E-state index in [1.54, 1.807) is 66.7 Å². The number of nitrogens with zero attached hydrogens (tertiary/aromatic N) is 1. The summed E-state index contributed by atoms with van der Waals surface area (Å²) in [6.07, 6.45) is 1.05. The molecule has 0 fully saturated rings. The van der Waals surface area contributed by atoms with Gasteiger partial charge in [-0.1, -0.05) is 57.2 Å². The van der Waals surface area contributed by atoms with Crippen molar-refractivity contribution in [2.75, 3.05) is 27.7 Å². The lowest BCUT2D eigenvalue weighted by atomic mass is 9.87. The summed E-state index contributed by atoms with van der Waals surface area (Å²) in [6.45, 7) is 5.95. The summed E-state index contributed by atoms with van der Waals surface area (Å²) in [6, 6.07) is 22.5. The molecule has 0 radical (unpaired) electrons. The lowest BCUT2D eigenvalue weighted by molar-refractivity contribution is -0.114. The molecule has 0 atom stereocenters. The monoisotopic (exact) mass is 479 g/mol. The summed E-state index contributed by atoms with van der Waals surface area (Å²) in [5.41, 5.74) is 2.99. The smallest absolute Gasteiger partial charge is 0.255 e. The molecule has 3 aromatic carbocycles. The Balaban J connectivity index is 1.68. The number of sulfonamides is 1. The Morgan fingerprint density at radius 1 is 0.824 bits per heavy atom. The topological polar surface area (TPSA) is 95.6 Å². The van der Waals surface area contributed by atoms with Crippen molar-refractivity contribution in [2.24, 2.45) is 0 Å². The predicted molar refractivity (Wildman–Crippen MR) is 137 cm³/mol. The van der Waals surface area contributed by atoms with Crippen LogP contribution in [-0.2, 0) is 20.2 Å². The molecule has 34 heavy (non-hydrogen) atoms. The van der Waals surface area contributed by atoms with Crippen LogP contribution in [0.2, 0.25) is 0 Å². The number of hydrogen-bond acceptors (Lipinski definition) is 4. The van der Waals surface area contributed by atoms with Crippen LogP contribution < -0.4 is 14.9 Å². The zero-order chi connectivity index (χ0) is 24.9. The Morgan fingerprint density at radius 3 is 1.97 bits per heavy atom. The van der Waals surface area contributed by atoms with Gasteiger partial charge in [0.05, 0.1) is 11.9 Å². The van der Waals surface area contributed by atoms with E-state index < -0.39 is 15.9 Å². The lowest BCUT2D eigenvalue weighted by Gasteiger charge is -2.21. The summed E-state index contributed by atoms with van der Waals surface area (Å²) in [4.78, 5) is 25.3. The van der Waals surface area contributed by atoms with Crippen LogP contribution in [0, 0.1) is 0 Å². The average molecular weight is 480 g/mol. The zero-order valence-electron chi connectivity index (χ0n) is 19.7. The number of rotatable bonds is 7. The van der Waals surface area contributed by atoms with E-state index in [9.17, 15) is 18.0 Å². The largest absolute Gasteiger partial charge is 0.324 e. The van der Waals surface area contributed by atoms with Gasteiger partial charge < -0.3 is 10.6 Å². The van der Waals surface area contributed by atoms with Crippen LogP contribution in [-0.4, -0.2) is 33.0 Å². The first-order valence-corrected chi connectivity index (χ1v) is 12.6. The van der Waals surface area contributed by atoms with Gasteiger partial charge >= 0.3 is 0 Å². The minimum atomic E-state index is -3.66. The number of benzene rings is 3. The molecule has 0 saturated carbocycles. The van der Waals surface area contributed by atoms with Crippen LogP contribution in [0.1, 0.15) is 36.7 Å². The maximum absolute atomic E-state index is 12.6. The predicted octanol–water partition coefficient (Wildman–Crippen LogP) is 4.64. The molecule has 2 N–H and O–H groups in total. The number of nitrogens with one attached hydrogen (secondary N) is 2. The molecule has 0 bridgehead atoms. The van der Waals surface area contributed by atoms with Crippen molar-refractivity contribution >= 4 is 38.9 Å². The van der Waals surface area contributed by atoms with Crippen LogP contribution in [0.25, 0.3) is 0 Å². The van der Waals surface area contributed by atoms with Crippen molar-refractivity contribution in [1.82, 2.24) is 0 Å². The molecule has 8 heteroatoms. The molecule has 0 aliphatic rings. The highest BCUT2D eigenvalue weighted by molar-refractivity contribution is 7.92. The normalized spacial score (nSPS) is 11.5. The Kier molecular flexibility index (Phi) is 7.41. The van der Waals surface area contributed by atoms with Crippen LogP contribution in [0.15, 0.2) is 78.9 Å². The third kappa shape index (κ3) is 6.68. The fraction of sp³-hybridized carbons (Fsp3) is 0.231. The second-order valence-electron chi connectivity index (χ2n) is 9.02. The van der Waals surface area contributed by atoms with Crippen molar-refractivity contribution in [3.8, 4) is 0 Å². The SMILES string of the molecule is CC(C)(C)c1ccc(C(=O)Nc2cccc(NC(=O)CN(c3ccccc3)S(C)(=O)=O)c2)cc1. The molecule has 0 heterocycles. The van der Waals surface area contributed by atoms with Gasteiger partial charge in [-0.2, -0.15) is 0 Å². The van der Waals surface area contributed by atoms with E-state index in [1.165, 1.54) is 0 Å². The minimum Gasteiger partial charge on any atom is -0.324 e. The molecule has 0 aliphatic heterocycles. The van der Waals surface area contributed by atoms with Gasteiger partial charge in [0.1, 0.15) is 6.54 Å². The van der Waals surface area contributed by atoms with E-state index in [2.05, 4.69) is 31.4 Å². The Bertz CT molecular complexity index is 1270. The number of hydrogen-bond donors (Lipinski definition) is 2. The molecule has 0 spiro atoms. The van der Waals surface area contributed by atoms with Gasteiger partial charge in [0.25, 0.3) is 5.91 Å². The van der Waals surface area contributed by atoms with E-state index in [4.69, 9.17) is 0 Å². The van der Waals surface area contributed by atoms with Gasteiger partial charge in [0.2, 0.25) is 15.9 Å². The fourth-order valence-corrected chi connectivity index (χ4v) is 4.18. The third-order valence-corrected chi connectivity index (χ3v) is 6.29. The first-order chi connectivity index (χ1) is 15.9. The summed E-state index contributed by atoms with van der Waals surface area (Å²) >= 11 is 0. The summed E-state index contributed by atoms with van der Waals surface area (Å²) in [5.74, 6) is -0.771. The fourth-order valence-electron chi connectivity index (χ4n) is 3.32. The van der Waals surface area contributed by atoms with Gasteiger partial charge in [-0.15, -0.1) is 0 Å². The molecule has 0 aliphatic carbocycles.